The summed E-state index contributed by atoms with van der Waals surface area (Å²) in [6.45, 7) is 2.03. The maximum atomic E-state index is 5.12. The van der Waals surface area contributed by atoms with Gasteiger partial charge in [0.25, 0.3) is 0 Å². The molecule has 0 aliphatic rings. The van der Waals surface area contributed by atoms with Crippen LogP contribution in [0, 0.1) is 0 Å². The molecule has 0 aliphatic heterocycles. The van der Waals surface area contributed by atoms with Gasteiger partial charge in [-0.25, -0.2) is 0 Å². The second-order valence-corrected chi connectivity index (χ2v) is 4.57. The van der Waals surface area contributed by atoms with Crippen molar-refractivity contribution in [1.29, 1.82) is 0 Å². The van der Waals surface area contributed by atoms with Crippen LogP contribution in [0.15, 0.2) is 0 Å². The van der Waals surface area contributed by atoms with E-state index in [1.54, 1.807) is 0 Å². The lowest BCUT2D eigenvalue weighted by Gasteiger charge is -1.91. The van der Waals surface area contributed by atoms with E-state index in [2.05, 4.69) is 12.2 Å². The smallest absolute Gasteiger partial charge is 0.0217 e. The van der Waals surface area contributed by atoms with Crippen LogP contribution in [-0.4, -0.2) is 13.0 Å². The third-order valence-electron chi connectivity index (χ3n) is 0.264. The molecule has 2 N–H and O–H groups in total. The van der Waals surface area contributed by atoms with Crippen LogP contribution < -0.4 is 5.73 Å². The third kappa shape index (κ3) is 4.74. The summed E-state index contributed by atoms with van der Waals surface area (Å²) in [5, 5.41) is 0. The molecule has 0 amide bonds. The van der Waals surface area contributed by atoms with E-state index in [4.69, 9.17) is 5.73 Å². The Hall–Kier alpha value is 0.740. The van der Waals surface area contributed by atoms with Crippen molar-refractivity contribution in [3.63, 3.8) is 0 Å². The molecule has 0 spiro atoms. The van der Waals surface area contributed by atoms with E-state index in [1.807, 2.05) is 6.66 Å². The summed E-state index contributed by atoms with van der Waals surface area (Å²) in [5.74, 6) is 0. The Labute approximate surface area is 38.8 Å². The van der Waals surface area contributed by atoms with Crippen LogP contribution in [-0.2, 0) is 0 Å². The molecule has 0 rings (SSSR count). The van der Waals surface area contributed by atoms with Gasteiger partial charge < -0.3 is 5.73 Å². The zero-order chi connectivity index (χ0) is 4.28. The quantitative estimate of drug-likeness (QED) is 0.379. The van der Waals surface area contributed by atoms with Gasteiger partial charge in [-0.3, -0.25) is 0 Å². The first kappa shape index (κ1) is 5.74. The van der Waals surface area contributed by atoms with Crippen molar-refractivity contribution >= 4 is 19.4 Å². The number of thiol groups is 1. The van der Waals surface area contributed by atoms with Gasteiger partial charge in [0.05, 0.1) is 0 Å². The minimum atomic E-state index is -0.126. The molecule has 0 radical (unpaired) electrons. The third-order valence-corrected chi connectivity index (χ3v) is 1.28. The van der Waals surface area contributed by atoms with Crippen LogP contribution in [0.5, 0.6) is 0 Å². The van der Waals surface area contributed by atoms with E-state index in [0.717, 1.165) is 6.29 Å². The summed E-state index contributed by atoms with van der Waals surface area (Å²) in [6.07, 6.45) is 0.735. The average molecular weight is 109 g/mol. The average Bonchev–Trinajstić information content (AvgIpc) is 1.38. The predicted octanol–water partition coefficient (Wildman–Crippen LogP) is 0.859. The summed E-state index contributed by atoms with van der Waals surface area (Å²) >= 11 is 4.04. The summed E-state index contributed by atoms with van der Waals surface area (Å²) < 4.78 is 0. The fourth-order valence-electron chi connectivity index (χ4n) is 0. The van der Waals surface area contributed by atoms with Crippen LogP contribution in [0.3, 0.4) is 0 Å². The van der Waals surface area contributed by atoms with Gasteiger partial charge in [0.2, 0.25) is 0 Å². The summed E-state index contributed by atoms with van der Waals surface area (Å²) in [5.41, 5.74) is 5.12. The monoisotopic (exact) mass is 109 g/mol. The van der Waals surface area contributed by atoms with Crippen LogP contribution in [0.25, 0.3) is 0 Å². The first-order valence-electron chi connectivity index (χ1n) is 1.37. The molecular formula is C2H8NPS. The second-order valence-electron chi connectivity index (χ2n) is 0.840. The Morgan fingerprint density at radius 3 is 2.20 bits per heavy atom. The van der Waals surface area contributed by atoms with Crippen LogP contribution in [0.1, 0.15) is 0 Å². The lowest BCUT2D eigenvalue weighted by Crippen LogP contribution is -1.90. The Bertz CT molecular complexity index is 23.6. The molecule has 1 atom stereocenters. The molecular weight excluding hydrogens is 101 g/mol. The highest BCUT2D eigenvalue weighted by Gasteiger charge is 1.79. The van der Waals surface area contributed by atoms with Crippen molar-refractivity contribution < 1.29 is 0 Å². The molecule has 5 heavy (non-hydrogen) atoms. The largest absolute Gasteiger partial charge is 0.326 e. The van der Waals surface area contributed by atoms with Gasteiger partial charge >= 0.3 is 0 Å². The predicted molar refractivity (Wildman–Crippen MR) is 30.9 cm³/mol. The molecule has 0 aromatic heterocycles. The molecule has 0 saturated carbocycles. The Morgan fingerprint density at radius 2 is 2.20 bits per heavy atom. The van der Waals surface area contributed by atoms with Gasteiger partial charge in [-0.05, 0) is 13.8 Å². The highest BCUT2D eigenvalue weighted by atomic mass is 32.7. The van der Waals surface area contributed by atoms with E-state index in [0.29, 0.717) is 0 Å². The minimum Gasteiger partial charge on any atom is -0.326 e. The highest BCUT2D eigenvalue weighted by molar-refractivity contribution is 8.45. The molecule has 0 aliphatic carbocycles. The molecule has 0 fully saturated rings. The van der Waals surface area contributed by atoms with Gasteiger partial charge in [0.15, 0.2) is 0 Å². The maximum Gasteiger partial charge on any atom is 0.0217 e. The van der Waals surface area contributed by atoms with Crippen molar-refractivity contribution in [3.8, 4) is 0 Å². The summed E-state index contributed by atoms with van der Waals surface area (Å²) in [6, 6.07) is 0. The maximum absolute atomic E-state index is 5.12. The molecule has 32 valence electrons. The first-order valence-corrected chi connectivity index (χ1v) is 4.50. The zero-order valence-corrected chi connectivity index (χ0v) is 4.97. The SMILES string of the molecule is CP(S)CN. The molecule has 0 aromatic carbocycles. The van der Waals surface area contributed by atoms with E-state index in [-0.39, 0.29) is 7.12 Å². The van der Waals surface area contributed by atoms with Gasteiger partial charge in [-0.15, -0.1) is 0 Å². The van der Waals surface area contributed by atoms with Gasteiger partial charge in [-0.1, -0.05) is 0 Å². The standard InChI is InChI=1S/C2H8NPS/c1-4(5)2-3/h5H,2-3H2,1H3. The van der Waals surface area contributed by atoms with E-state index < -0.39 is 0 Å². The topological polar surface area (TPSA) is 26.0 Å². The minimum absolute atomic E-state index is 0.126. The molecule has 0 saturated heterocycles. The number of nitrogens with two attached hydrogens (primary N) is 1. The fraction of sp³-hybridized carbons (Fsp3) is 1.00. The second kappa shape index (κ2) is 2.95. The van der Waals surface area contributed by atoms with Crippen molar-refractivity contribution in [2.24, 2.45) is 5.73 Å². The van der Waals surface area contributed by atoms with Crippen molar-refractivity contribution in [2.75, 3.05) is 13.0 Å². The number of hydrogen-bond acceptors (Lipinski definition) is 2. The highest BCUT2D eigenvalue weighted by Crippen LogP contribution is 2.31. The van der Waals surface area contributed by atoms with Crippen molar-refractivity contribution in [2.45, 2.75) is 0 Å². The molecule has 0 bridgehead atoms. The molecule has 1 nitrogen and oxygen atoms in total. The van der Waals surface area contributed by atoms with Gasteiger partial charge in [0.1, 0.15) is 0 Å². The molecule has 3 heteroatoms. The Kier molecular flexibility index (Phi) is 3.39. The Balaban J connectivity index is 2.54. The van der Waals surface area contributed by atoms with Crippen LogP contribution in [0.2, 0.25) is 0 Å². The summed E-state index contributed by atoms with van der Waals surface area (Å²) in [4.78, 5) is 0. The molecule has 0 heterocycles. The van der Waals surface area contributed by atoms with Crippen molar-refractivity contribution in [3.05, 3.63) is 0 Å². The number of hydrogen-bond donors (Lipinski definition) is 2. The summed E-state index contributed by atoms with van der Waals surface area (Å²) in [7, 11) is -0.126. The lowest BCUT2D eigenvalue weighted by atomic mass is 11.5. The fourth-order valence-corrected chi connectivity index (χ4v) is 0. The molecule has 0 aromatic rings. The van der Waals surface area contributed by atoms with Crippen molar-refractivity contribution in [1.82, 2.24) is 0 Å². The van der Waals surface area contributed by atoms with E-state index >= 15 is 0 Å². The van der Waals surface area contributed by atoms with E-state index in [1.165, 1.54) is 0 Å². The first-order chi connectivity index (χ1) is 2.27. The van der Waals surface area contributed by atoms with Gasteiger partial charge in [0, 0.05) is 6.29 Å². The Morgan fingerprint density at radius 1 is 2.00 bits per heavy atom. The molecule has 1 unspecified atom stereocenters. The number of rotatable bonds is 1. The van der Waals surface area contributed by atoms with Gasteiger partial charge in [-0.2, -0.15) is 12.2 Å². The van der Waals surface area contributed by atoms with Crippen LogP contribution >= 0.6 is 19.4 Å². The van der Waals surface area contributed by atoms with E-state index in [9.17, 15) is 0 Å². The van der Waals surface area contributed by atoms with Crippen LogP contribution in [0.4, 0.5) is 0 Å². The lowest BCUT2D eigenvalue weighted by molar-refractivity contribution is 1.39. The normalized spacial score (nSPS) is 15.0. The zero-order valence-electron chi connectivity index (χ0n) is 3.18.